The van der Waals surface area contributed by atoms with Crippen LogP contribution in [-0.4, -0.2) is 19.5 Å². The van der Waals surface area contributed by atoms with Gasteiger partial charge in [-0.3, -0.25) is 9.93 Å². The zero-order valence-electron chi connectivity index (χ0n) is 14.0. The van der Waals surface area contributed by atoms with Gasteiger partial charge < -0.3 is 15.4 Å². The smallest absolute Gasteiger partial charge is 0.251 e. The van der Waals surface area contributed by atoms with E-state index in [4.69, 9.17) is 9.88 Å². The van der Waals surface area contributed by atoms with Gasteiger partial charge in [0, 0.05) is 19.2 Å². The first kappa shape index (κ1) is 18.2. The number of amides is 1. The van der Waals surface area contributed by atoms with Crippen molar-refractivity contribution >= 4 is 23.5 Å². The van der Waals surface area contributed by atoms with Crippen molar-refractivity contribution < 1.29 is 9.53 Å². The van der Waals surface area contributed by atoms with Gasteiger partial charge in [0.25, 0.3) is 5.91 Å². The highest BCUT2D eigenvalue weighted by molar-refractivity contribution is 7.97. The maximum atomic E-state index is 12.0. The van der Waals surface area contributed by atoms with Crippen LogP contribution in [-0.2, 0) is 0 Å². The molecule has 128 valence electrons. The van der Waals surface area contributed by atoms with Crippen molar-refractivity contribution in [1.29, 1.82) is 0 Å². The van der Waals surface area contributed by atoms with Crippen LogP contribution in [0.5, 0.6) is 11.5 Å². The van der Waals surface area contributed by atoms with E-state index < -0.39 is 0 Å². The average Bonchev–Trinajstić information content (AvgIpc) is 2.63. The Kier molecular flexibility index (Phi) is 6.96. The van der Waals surface area contributed by atoms with Crippen LogP contribution in [0.1, 0.15) is 30.1 Å². The second kappa shape index (κ2) is 9.20. The third kappa shape index (κ3) is 4.66. The van der Waals surface area contributed by atoms with Crippen molar-refractivity contribution in [1.82, 2.24) is 5.32 Å². The van der Waals surface area contributed by atoms with Gasteiger partial charge in [0.2, 0.25) is 0 Å². The molecular weight excluding hydrogens is 322 g/mol. The van der Waals surface area contributed by atoms with Crippen LogP contribution in [0.15, 0.2) is 47.4 Å². The Bertz CT molecular complexity index is 677. The number of carbonyl (C=O) groups is 1. The number of para-hydroxylation sites is 1. The van der Waals surface area contributed by atoms with Gasteiger partial charge in [0.1, 0.15) is 5.75 Å². The molecule has 5 nitrogen and oxygen atoms in total. The molecule has 6 heteroatoms. The molecule has 0 aliphatic carbocycles. The van der Waals surface area contributed by atoms with Gasteiger partial charge in [-0.15, -0.1) is 0 Å². The fourth-order valence-corrected chi connectivity index (χ4v) is 2.66. The van der Waals surface area contributed by atoms with Gasteiger partial charge in [0.05, 0.1) is 10.6 Å². The molecule has 0 atom stereocenters. The Morgan fingerprint density at radius 2 is 2.00 bits per heavy atom. The van der Waals surface area contributed by atoms with E-state index in [1.54, 1.807) is 19.2 Å². The molecule has 0 aliphatic rings. The number of nitrogens with one attached hydrogen (secondary N) is 2. The number of anilines is 1. The number of benzene rings is 2. The number of ether oxygens (including phenoxy) is 1. The van der Waals surface area contributed by atoms with Crippen molar-refractivity contribution in [3.63, 3.8) is 0 Å². The topological polar surface area (TPSA) is 76.4 Å². The number of hydrogen-bond donors (Lipinski definition) is 3. The van der Waals surface area contributed by atoms with Crippen LogP contribution in [0, 0.1) is 0 Å². The highest BCUT2D eigenvalue weighted by Crippen LogP contribution is 2.38. The van der Waals surface area contributed by atoms with E-state index in [0.717, 1.165) is 42.8 Å². The van der Waals surface area contributed by atoms with E-state index in [1.165, 1.54) is 0 Å². The first-order valence-corrected chi connectivity index (χ1v) is 8.81. The number of carbonyl (C=O) groups excluding carboxylic acids is 1. The fraction of sp³-hybridized carbons (Fsp3) is 0.278. The average molecular weight is 345 g/mol. The predicted octanol–water partition coefficient (Wildman–Crippen LogP) is 4.02. The zero-order chi connectivity index (χ0) is 17.4. The first-order chi connectivity index (χ1) is 11.7. The molecule has 0 aromatic heterocycles. The van der Waals surface area contributed by atoms with Crippen molar-refractivity contribution in [2.45, 2.75) is 24.7 Å². The van der Waals surface area contributed by atoms with Gasteiger partial charge in [-0.25, -0.2) is 0 Å². The first-order valence-electron chi connectivity index (χ1n) is 7.93. The van der Waals surface area contributed by atoms with Crippen molar-refractivity contribution in [3.8, 4) is 11.5 Å². The Labute approximate surface area is 147 Å². The third-order valence-corrected chi connectivity index (χ3v) is 4.04. The predicted molar refractivity (Wildman–Crippen MR) is 99.8 cm³/mol. The summed E-state index contributed by atoms with van der Waals surface area (Å²) in [4.78, 5) is 12.7. The Morgan fingerprint density at radius 3 is 2.62 bits per heavy atom. The molecule has 0 bridgehead atoms. The summed E-state index contributed by atoms with van der Waals surface area (Å²) >= 11 is 1.07. The van der Waals surface area contributed by atoms with Crippen molar-refractivity contribution in [3.05, 3.63) is 48.0 Å². The Hall–Kier alpha value is -2.18. The van der Waals surface area contributed by atoms with E-state index in [2.05, 4.69) is 17.6 Å². The number of unbranched alkanes of at least 4 members (excludes halogenated alkanes) is 1. The van der Waals surface area contributed by atoms with Gasteiger partial charge in [-0.05, 0) is 42.6 Å². The molecule has 0 aliphatic heterocycles. The Balaban J connectivity index is 2.42. The number of nitrogens with two attached hydrogens (primary N) is 1. The molecule has 0 heterocycles. The summed E-state index contributed by atoms with van der Waals surface area (Å²) in [5, 5.41) is 11.8. The van der Waals surface area contributed by atoms with Crippen LogP contribution in [0.2, 0.25) is 0 Å². The lowest BCUT2D eigenvalue weighted by Gasteiger charge is -2.17. The van der Waals surface area contributed by atoms with E-state index >= 15 is 0 Å². The minimum Gasteiger partial charge on any atom is -0.454 e. The number of rotatable bonds is 8. The fourth-order valence-electron chi connectivity index (χ4n) is 2.21. The van der Waals surface area contributed by atoms with Gasteiger partial charge in [-0.1, -0.05) is 31.5 Å². The molecule has 1 amide bonds. The third-order valence-electron chi connectivity index (χ3n) is 3.48. The quantitative estimate of drug-likeness (QED) is 0.498. The largest absolute Gasteiger partial charge is 0.454 e. The standard InChI is InChI=1S/C18H23N3O2S/c1-3-4-10-21-15-11-13(18(22)20-2)12-16(24-19)17(15)23-14-8-6-5-7-9-14/h5-9,11-12,21H,3-4,10,19H2,1-2H3,(H,20,22). The normalized spacial score (nSPS) is 10.3. The van der Waals surface area contributed by atoms with Gasteiger partial charge >= 0.3 is 0 Å². The molecule has 24 heavy (non-hydrogen) atoms. The second-order valence-electron chi connectivity index (χ2n) is 5.24. The Morgan fingerprint density at radius 1 is 1.25 bits per heavy atom. The van der Waals surface area contributed by atoms with E-state index in [9.17, 15) is 4.79 Å². The molecule has 2 rings (SSSR count). The van der Waals surface area contributed by atoms with E-state index in [-0.39, 0.29) is 5.91 Å². The van der Waals surface area contributed by atoms with Crippen LogP contribution in [0.25, 0.3) is 0 Å². The summed E-state index contributed by atoms with van der Waals surface area (Å²) in [7, 11) is 1.61. The van der Waals surface area contributed by atoms with Crippen LogP contribution >= 0.6 is 11.9 Å². The minimum atomic E-state index is -0.157. The summed E-state index contributed by atoms with van der Waals surface area (Å²) in [6.45, 7) is 2.93. The van der Waals surface area contributed by atoms with Crippen molar-refractivity contribution in [2.24, 2.45) is 5.14 Å². The zero-order valence-corrected chi connectivity index (χ0v) is 14.8. The highest BCUT2D eigenvalue weighted by Gasteiger charge is 2.16. The molecule has 0 spiro atoms. The van der Waals surface area contributed by atoms with E-state index in [1.807, 2.05) is 30.3 Å². The molecule has 0 unspecified atom stereocenters. The van der Waals surface area contributed by atoms with Gasteiger partial charge in [0.15, 0.2) is 5.75 Å². The summed E-state index contributed by atoms with van der Waals surface area (Å²) in [6, 6.07) is 13.1. The van der Waals surface area contributed by atoms with Crippen LogP contribution in [0.3, 0.4) is 0 Å². The molecule has 0 radical (unpaired) electrons. The van der Waals surface area contributed by atoms with E-state index in [0.29, 0.717) is 16.2 Å². The summed E-state index contributed by atoms with van der Waals surface area (Å²) in [5.74, 6) is 1.20. The van der Waals surface area contributed by atoms with Crippen LogP contribution < -0.4 is 20.5 Å². The second-order valence-corrected chi connectivity index (χ2v) is 5.92. The molecule has 2 aromatic carbocycles. The van der Waals surface area contributed by atoms with Gasteiger partial charge in [-0.2, -0.15) is 0 Å². The summed E-state index contributed by atoms with van der Waals surface area (Å²) in [6.07, 6.45) is 2.11. The summed E-state index contributed by atoms with van der Waals surface area (Å²) < 4.78 is 6.04. The molecule has 0 fully saturated rings. The van der Waals surface area contributed by atoms with Crippen LogP contribution in [0.4, 0.5) is 5.69 Å². The van der Waals surface area contributed by atoms with Crippen molar-refractivity contribution in [2.75, 3.05) is 18.9 Å². The SMILES string of the molecule is CCCCNc1cc(C(=O)NC)cc(SN)c1Oc1ccccc1. The monoisotopic (exact) mass is 345 g/mol. The lowest BCUT2D eigenvalue weighted by Crippen LogP contribution is -2.18. The molecule has 0 saturated heterocycles. The molecule has 4 N–H and O–H groups in total. The summed E-state index contributed by atoms with van der Waals surface area (Å²) in [5.41, 5.74) is 1.31. The molecule has 2 aromatic rings. The highest BCUT2D eigenvalue weighted by atomic mass is 32.2. The number of hydrogen-bond acceptors (Lipinski definition) is 5. The maximum Gasteiger partial charge on any atom is 0.251 e. The lowest BCUT2D eigenvalue weighted by molar-refractivity contribution is 0.0963. The minimum absolute atomic E-state index is 0.157. The molecule has 0 saturated carbocycles. The lowest BCUT2D eigenvalue weighted by atomic mass is 10.1. The maximum absolute atomic E-state index is 12.0. The molecular formula is C18H23N3O2S.